The third-order valence-electron chi connectivity index (χ3n) is 5.14. The maximum atomic E-state index is 12.9. The number of aromatic amines is 1. The van der Waals surface area contributed by atoms with Gasteiger partial charge in [0.1, 0.15) is 5.69 Å². The van der Waals surface area contributed by atoms with Gasteiger partial charge >= 0.3 is 0 Å². The molecule has 0 aliphatic carbocycles. The minimum absolute atomic E-state index is 0.00774. The van der Waals surface area contributed by atoms with Crippen LogP contribution in [0.1, 0.15) is 42.2 Å². The minimum Gasteiger partial charge on any atom is -0.394 e. The van der Waals surface area contributed by atoms with Crippen LogP contribution in [0.3, 0.4) is 0 Å². The molecule has 1 aliphatic heterocycles. The largest absolute Gasteiger partial charge is 0.394 e. The van der Waals surface area contributed by atoms with Gasteiger partial charge in [0.15, 0.2) is 0 Å². The van der Waals surface area contributed by atoms with Crippen LogP contribution in [0.5, 0.6) is 0 Å². The highest BCUT2D eigenvalue weighted by Gasteiger charge is 2.36. The van der Waals surface area contributed by atoms with Gasteiger partial charge in [0, 0.05) is 23.5 Å². The van der Waals surface area contributed by atoms with Crippen molar-refractivity contribution >= 4 is 16.8 Å². The number of rotatable bonds is 4. The van der Waals surface area contributed by atoms with Crippen molar-refractivity contribution in [3.63, 3.8) is 0 Å². The molecule has 1 aromatic carbocycles. The van der Waals surface area contributed by atoms with Crippen molar-refractivity contribution in [2.24, 2.45) is 0 Å². The van der Waals surface area contributed by atoms with Crippen molar-refractivity contribution in [2.75, 3.05) is 27.2 Å². The summed E-state index contributed by atoms with van der Waals surface area (Å²) < 4.78 is 0. The lowest BCUT2D eigenvalue weighted by molar-refractivity contribution is 0.0668. The molecule has 0 radical (unpaired) electrons. The number of likely N-dealkylation sites (N-methyl/N-ethyl adjacent to an activating group) is 1. The zero-order valence-corrected chi connectivity index (χ0v) is 14.9. The third kappa shape index (κ3) is 3.06. The quantitative estimate of drug-likeness (QED) is 0.906. The second-order valence-corrected chi connectivity index (χ2v) is 7.33. The highest BCUT2D eigenvalue weighted by atomic mass is 16.3. The Morgan fingerprint density at radius 1 is 1.38 bits per heavy atom. The first-order valence-electron chi connectivity index (χ1n) is 8.61. The number of aliphatic hydroxyl groups is 1. The Morgan fingerprint density at radius 3 is 2.75 bits per heavy atom. The number of aliphatic hydroxyl groups excluding tert-OH is 1. The zero-order valence-electron chi connectivity index (χ0n) is 14.9. The van der Waals surface area contributed by atoms with Gasteiger partial charge in [-0.1, -0.05) is 26.0 Å². The van der Waals surface area contributed by atoms with E-state index in [2.05, 4.69) is 41.9 Å². The molecule has 1 aromatic heterocycles. The predicted octanol–water partition coefficient (Wildman–Crippen LogP) is 2.43. The number of nitrogens with one attached hydrogen (secondary N) is 1. The summed E-state index contributed by atoms with van der Waals surface area (Å²) in [6, 6.07) is 8.40. The van der Waals surface area contributed by atoms with E-state index in [9.17, 15) is 9.90 Å². The number of benzene rings is 1. The standard InChI is InChI=1S/C19H27N3O2/c1-12(2)13-5-6-14-8-18(20-17(14)7-13)19(24)22-10-15(21(3)4)9-16(22)11-23/h5-8,12,15-16,20,23H,9-11H2,1-4H3/t15-,16+/m1/s1. The first-order chi connectivity index (χ1) is 11.4. The molecule has 0 saturated carbocycles. The fourth-order valence-corrected chi connectivity index (χ4v) is 3.46. The number of hydrogen-bond acceptors (Lipinski definition) is 3. The van der Waals surface area contributed by atoms with Crippen molar-refractivity contribution in [2.45, 2.75) is 38.3 Å². The summed E-state index contributed by atoms with van der Waals surface area (Å²) in [4.78, 5) is 20.1. The van der Waals surface area contributed by atoms with Crippen molar-refractivity contribution in [3.8, 4) is 0 Å². The molecule has 1 amide bonds. The van der Waals surface area contributed by atoms with Gasteiger partial charge in [-0.15, -0.1) is 0 Å². The first kappa shape index (κ1) is 17.0. The van der Waals surface area contributed by atoms with Crippen LogP contribution in [0.2, 0.25) is 0 Å². The molecule has 1 aliphatic rings. The lowest BCUT2D eigenvalue weighted by Crippen LogP contribution is -2.39. The van der Waals surface area contributed by atoms with Gasteiger partial charge < -0.3 is 19.9 Å². The Hall–Kier alpha value is -1.85. The molecule has 2 N–H and O–H groups in total. The lowest BCUT2D eigenvalue weighted by atomic mass is 10.0. The molecule has 1 fully saturated rings. The summed E-state index contributed by atoms with van der Waals surface area (Å²) in [5.41, 5.74) is 2.85. The van der Waals surface area contributed by atoms with Crippen LogP contribution in [0.15, 0.2) is 24.3 Å². The van der Waals surface area contributed by atoms with Gasteiger partial charge in [-0.3, -0.25) is 4.79 Å². The topological polar surface area (TPSA) is 59.6 Å². The molecular weight excluding hydrogens is 302 g/mol. The monoisotopic (exact) mass is 329 g/mol. The van der Waals surface area contributed by atoms with E-state index in [-0.39, 0.29) is 18.6 Å². The summed E-state index contributed by atoms with van der Waals surface area (Å²) in [5.74, 6) is 0.427. The molecule has 5 heteroatoms. The van der Waals surface area contributed by atoms with E-state index in [0.717, 1.165) is 17.3 Å². The van der Waals surface area contributed by atoms with Gasteiger partial charge in [-0.05, 0) is 44.1 Å². The number of nitrogens with zero attached hydrogens (tertiary/aromatic N) is 2. The molecule has 2 aromatic rings. The number of H-pyrrole nitrogens is 1. The van der Waals surface area contributed by atoms with Gasteiger partial charge in [-0.25, -0.2) is 0 Å². The van der Waals surface area contributed by atoms with Crippen molar-refractivity contribution < 1.29 is 9.90 Å². The molecular formula is C19H27N3O2. The SMILES string of the molecule is CC(C)c1ccc2cc(C(=O)N3C[C@H](N(C)C)C[C@H]3CO)[nH]c2c1. The summed E-state index contributed by atoms with van der Waals surface area (Å²) in [6.45, 7) is 4.98. The minimum atomic E-state index is -0.109. The Labute approximate surface area is 143 Å². The van der Waals surface area contributed by atoms with Gasteiger partial charge in [-0.2, -0.15) is 0 Å². The van der Waals surface area contributed by atoms with Crippen LogP contribution in [-0.4, -0.2) is 65.1 Å². The molecule has 3 rings (SSSR count). The number of hydrogen-bond donors (Lipinski definition) is 2. The number of likely N-dealkylation sites (tertiary alicyclic amines) is 1. The molecule has 0 unspecified atom stereocenters. The molecule has 5 nitrogen and oxygen atoms in total. The van der Waals surface area contributed by atoms with Gasteiger partial charge in [0.05, 0.1) is 12.6 Å². The van der Waals surface area contributed by atoms with E-state index in [0.29, 0.717) is 24.2 Å². The van der Waals surface area contributed by atoms with Crippen LogP contribution in [-0.2, 0) is 0 Å². The van der Waals surface area contributed by atoms with Crippen LogP contribution >= 0.6 is 0 Å². The van der Waals surface area contributed by atoms with Gasteiger partial charge in [0.2, 0.25) is 0 Å². The predicted molar refractivity (Wildman–Crippen MR) is 96.4 cm³/mol. The Morgan fingerprint density at radius 2 is 2.12 bits per heavy atom. The van der Waals surface area contributed by atoms with Crippen LogP contribution in [0.4, 0.5) is 0 Å². The molecule has 24 heavy (non-hydrogen) atoms. The number of carbonyl (C=O) groups excluding carboxylic acids is 1. The van der Waals surface area contributed by atoms with E-state index in [4.69, 9.17) is 0 Å². The van der Waals surface area contributed by atoms with Crippen LogP contribution < -0.4 is 0 Å². The average Bonchev–Trinajstić information content (AvgIpc) is 3.17. The number of carbonyl (C=O) groups is 1. The molecule has 2 atom stereocenters. The maximum Gasteiger partial charge on any atom is 0.270 e. The number of fused-ring (bicyclic) bond motifs is 1. The number of aromatic nitrogens is 1. The smallest absolute Gasteiger partial charge is 0.270 e. The van der Waals surface area contributed by atoms with Gasteiger partial charge in [0.25, 0.3) is 5.91 Å². The Kier molecular flexibility index (Phi) is 4.65. The van der Waals surface area contributed by atoms with E-state index in [1.165, 1.54) is 5.56 Å². The molecule has 0 bridgehead atoms. The van der Waals surface area contributed by atoms with Crippen LogP contribution in [0, 0.1) is 0 Å². The molecule has 1 saturated heterocycles. The highest BCUT2D eigenvalue weighted by molar-refractivity contribution is 5.98. The second-order valence-electron chi connectivity index (χ2n) is 7.33. The maximum absolute atomic E-state index is 12.9. The number of amides is 1. The molecule has 130 valence electrons. The Balaban J connectivity index is 1.88. The normalized spacial score (nSPS) is 21.4. The van der Waals surface area contributed by atoms with Crippen molar-refractivity contribution in [1.82, 2.24) is 14.8 Å². The van der Waals surface area contributed by atoms with E-state index >= 15 is 0 Å². The zero-order chi connectivity index (χ0) is 17.4. The fraction of sp³-hybridized carbons (Fsp3) is 0.526. The van der Waals surface area contributed by atoms with E-state index in [1.807, 2.05) is 20.2 Å². The van der Waals surface area contributed by atoms with Crippen LogP contribution in [0.25, 0.3) is 10.9 Å². The summed E-state index contributed by atoms with van der Waals surface area (Å²) in [5, 5.41) is 10.7. The van der Waals surface area contributed by atoms with Crippen molar-refractivity contribution in [3.05, 3.63) is 35.5 Å². The van der Waals surface area contributed by atoms with Crippen molar-refractivity contribution in [1.29, 1.82) is 0 Å². The average molecular weight is 329 g/mol. The molecule has 2 heterocycles. The van der Waals surface area contributed by atoms with E-state index in [1.54, 1.807) is 4.90 Å². The second kappa shape index (κ2) is 6.57. The lowest BCUT2D eigenvalue weighted by Gasteiger charge is -2.22. The molecule has 0 spiro atoms. The van der Waals surface area contributed by atoms with E-state index < -0.39 is 0 Å². The summed E-state index contributed by atoms with van der Waals surface area (Å²) in [6.07, 6.45) is 0.812. The fourth-order valence-electron chi connectivity index (χ4n) is 3.46. The third-order valence-corrected chi connectivity index (χ3v) is 5.14. The first-order valence-corrected chi connectivity index (χ1v) is 8.61. The summed E-state index contributed by atoms with van der Waals surface area (Å²) >= 11 is 0. The highest BCUT2D eigenvalue weighted by Crippen LogP contribution is 2.26. The summed E-state index contributed by atoms with van der Waals surface area (Å²) in [7, 11) is 4.03. The Bertz CT molecular complexity index is 735.